The number of anilines is 3. The molecule has 1 fully saturated rings. The Morgan fingerprint density at radius 3 is 2.57 bits per heavy atom. The van der Waals surface area contributed by atoms with E-state index in [1.54, 1.807) is 36.4 Å². The first-order valence-corrected chi connectivity index (χ1v) is 11.9. The Morgan fingerprint density at radius 1 is 1.03 bits per heavy atom. The van der Waals surface area contributed by atoms with Crippen LogP contribution in [0.15, 0.2) is 54.9 Å². The summed E-state index contributed by atoms with van der Waals surface area (Å²) >= 11 is 0. The minimum atomic E-state index is -0.283. The number of fused-ring (bicyclic) bond motifs is 1. The Labute approximate surface area is 204 Å². The standard InChI is InChI=1S/C27H28FN5O2/c1-18-24(4-3-11-29-18)33(19(2)34)23-9-13-31(14-10-23)26-17-21(7-12-30-26)27(35)32-15-8-20-16-22(28)5-6-25(20)32/h3-7,11-12,16-17,23H,8-10,13-15H2,1-2H3. The normalized spacial score (nSPS) is 15.7. The van der Waals surface area contributed by atoms with Crippen LogP contribution in [0.3, 0.4) is 0 Å². The Morgan fingerprint density at radius 2 is 1.83 bits per heavy atom. The third-order valence-electron chi connectivity index (χ3n) is 6.91. The number of benzene rings is 1. The van der Waals surface area contributed by atoms with E-state index in [1.165, 1.54) is 12.1 Å². The highest BCUT2D eigenvalue weighted by atomic mass is 19.1. The molecule has 0 atom stereocenters. The molecule has 0 spiro atoms. The Bertz CT molecular complexity index is 1270. The van der Waals surface area contributed by atoms with Gasteiger partial charge >= 0.3 is 0 Å². The molecule has 2 aliphatic rings. The van der Waals surface area contributed by atoms with Crippen LogP contribution in [-0.4, -0.2) is 47.5 Å². The summed E-state index contributed by atoms with van der Waals surface area (Å²) in [5, 5.41) is 0. The Balaban J connectivity index is 1.30. The molecule has 35 heavy (non-hydrogen) atoms. The van der Waals surface area contributed by atoms with Gasteiger partial charge in [-0.1, -0.05) is 0 Å². The van der Waals surface area contributed by atoms with Gasteiger partial charge in [0, 0.05) is 56.2 Å². The fourth-order valence-corrected chi connectivity index (χ4v) is 5.17. The number of rotatable bonds is 4. The van der Waals surface area contributed by atoms with Crippen LogP contribution in [0.4, 0.5) is 21.6 Å². The molecule has 1 saturated heterocycles. The lowest BCUT2D eigenvalue weighted by atomic mass is 10.0. The molecule has 0 N–H and O–H groups in total. The number of aryl methyl sites for hydroxylation is 1. The number of amides is 2. The van der Waals surface area contributed by atoms with Gasteiger partial charge in [-0.2, -0.15) is 0 Å². The molecular formula is C27H28FN5O2. The summed E-state index contributed by atoms with van der Waals surface area (Å²) in [6, 6.07) is 12.0. The first-order valence-electron chi connectivity index (χ1n) is 11.9. The molecule has 4 heterocycles. The fraction of sp³-hybridized carbons (Fsp3) is 0.333. The van der Waals surface area contributed by atoms with Gasteiger partial charge < -0.3 is 14.7 Å². The van der Waals surface area contributed by atoms with Gasteiger partial charge in [0.2, 0.25) is 5.91 Å². The quantitative estimate of drug-likeness (QED) is 0.570. The maximum atomic E-state index is 13.6. The van der Waals surface area contributed by atoms with Crippen molar-refractivity contribution in [3.05, 3.63) is 77.5 Å². The summed E-state index contributed by atoms with van der Waals surface area (Å²) in [5.74, 6) is 0.370. The smallest absolute Gasteiger partial charge is 0.258 e. The van der Waals surface area contributed by atoms with Gasteiger partial charge in [0.15, 0.2) is 0 Å². The van der Waals surface area contributed by atoms with E-state index in [-0.39, 0.29) is 23.7 Å². The molecule has 7 nitrogen and oxygen atoms in total. The first-order chi connectivity index (χ1) is 16.9. The second-order valence-corrected chi connectivity index (χ2v) is 9.10. The van der Waals surface area contributed by atoms with Crippen molar-refractivity contribution in [3.63, 3.8) is 0 Å². The van der Waals surface area contributed by atoms with E-state index in [0.29, 0.717) is 18.5 Å². The molecule has 180 valence electrons. The molecular weight excluding hydrogens is 445 g/mol. The van der Waals surface area contributed by atoms with Crippen LogP contribution >= 0.6 is 0 Å². The third kappa shape index (κ3) is 4.48. The minimum absolute atomic E-state index is 0.0102. The van der Waals surface area contributed by atoms with E-state index >= 15 is 0 Å². The summed E-state index contributed by atoms with van der Waals surface area (Å²) < 4.78 is 13.6. The van der Waals surface area contributed by atoms with E-state index < -0.39 is 0 Å². The molecule has 0 aliphatic carbocycles. The van der Waals surface area contributed by atoms with Gasteiger partial charge in [-0.3, -0.25) is 14.6 Å². The second-order valence-electron chi connectivity index (χ2n) is 9.10. The van der Waals surface area contributed by atoms with Crippen LogP contribution in [0.2, 0.25) is 0 Å². The van der Waals surface area contributed by atoms with Gasteiger partial charge in [0.1, 0.15) is 11.6 Å². The van der Waals surface area contributed by atoms with Crippen LogP contribution in [0, 0.1) is 12.7 Å². The average molecular weight is 474 g/mol. The summed E-state index contributed by atoms with van der Waals surface area (Å²) in [4.78, 5) is 40.4. The number of halogens is 1. The van der Waals surface area contributed by atoms with Crippen molar-refractivity contribution < 1.29 is 14.0 Å². The van der Waals surface area contributed by atoms with Crippen LogP contribution < -0.4 is 14.7 Å². The van der Waals surface area contributed by atoms with E-state index in [9.17, 15) is 14.0 Å². The molecule has 5 rings (SSSR count). The number of aromatic nitrogens is 2. The van der Waals surface area contributed by atoms with Crippen molar-refractivity contribution >= 4 is 29.0 Å². The van der Waals surface area contributed by atoms with Crippen molar-refractivity contribution in [2.24, 2.45) is 0 Å². The van der Waals surface area contributed by atoms with Crippen molar-refractivity contribution in [1.29, 1.82) is 0 Å². The minimum Gasteiger partial charge on any atom is -0.356 e. The van der Waals surface area contributed by atoms with Gasteiger partial charge in [-0.05, 0) is 74.2 Å². The molecule has 0 saturated carbocycles. The SMILES string of the molecule is CC(=O)N(c1cccnc1C)C1CCN(c2cc(C(=O)N3CCc4cc(F)ccc43)ccn2)CC1. The van der Waals surface area contributed by atoms with Crippen molar-refractivity contribution in [3.8, 4) is 0 Å². The predicted octanol–water partition coefficient (Wildman–Crippen LogP) is 4.15. The number of carbonyl (C=O) groups is 2. The highest BCUT2D eigenvalue weighted by Crippen LogP contribution is 2.31. The van der Waals surface area contributed by atoms with Gasteiger partial charge in [-0.25, -0.2) is 9.37 Å². The number of hydrogen-bond donors (Lipinski definition) is 0. The molecule has 2 amide bonds. The van der Waals surface area contributed by atoms with E-state index in [2.05, 4.69) is 14.9 Å². The lowest BCUT2D eigenvalue weighted by molar-refractivity contribution is -0.117. The molecule has 2 aliphatic heterocycles. The monoisotopic (exact) mass is 473 g/mol. The average Bonchev–Trinajstić information content (AvgIpc) is 3.28. The summed E-state index contributed by atoms with van der Waals surface area (Å²) in [7, 11) is 0. The highest BCUT2D eigenvalue weighted by Gasteiger charge is 2.30. The number of nitrogens with zero attached hydrogens (tertiary/aromatic N) is 5. The molecule has 3 aromatic rings. The molecule has 0 radical (unpaired) electrons. The highest BCUT2D eigenvalue weighted by molar-refractivity contribution is 6.07. The zero-order valence-corrected chi connectivity index (χ0v) is 19.9. The number of carbonyl (C=O) groups excluding carboxylic acids is 2. The lowest BCUT2D eigenvalue weighted by Crippen LogP contribution is -2.47. The van der Waals surface area contributed by atoms with Crippen molar-refractivity contribution in [2.75, 3.05) is 34.3 Å². The zero-order chi connectivity index (χ0) is 24.5. The fourth-order valence-electron chi connectivity index (χ4n) is 5.17. The number of hydrogen-bond acceptors (Lipinski definition) is 5. The Hall–Kier alpha value is -3.81. The predicted molar refractivity (Wildman–Crippen MR) is 133 cm³/mol. The van der Waals surface area contributed by atoms with E-state index in [1.807, 2.05) is 30.0 Å². The van der Waals surface area contributed by atoms with Gasteiger partial charge in [0.25, 0.3) is 5.91 Å². The van der Waals surface area contributed by atoms with Crippen molar-refractivity contribution in [1.82, 2.24) is 9.97 Å². The van der Waals surface area contributed by atoms with Crippen LogP contribution in [0.25, 0.3) is 0 Å². The van der Waals surface area contributed by atoms with Gasteiger partial charge in [0.05, 0.1) is 11.4 Å². The summed E-state index contributed by atoms with van der Waals surface area (Å²) in [5.41, 5.74) is 3.88. The molecule has 0 bridgehead atoms. The van der Waals surface area contributed by atoms with Gasteiger partial charge in [-0.15, -0.1) is 0 Å². The van der Waals surface area contributed by atoms with Crippen LogP contribution in [0.5, 0.6) is 0 Å². The maximum absolute atomic E-state index is 13.6. The lowest BCUT2D eigenvalue weighted by Gasteiger charge is -2.39. The zero-order valence-electron chi connectivity index (χ0n) is 19.9. The topological polar surface area (TPSA) is 69.6 Å². The molecule has 2 aromatic heterocycles. The number of piperidine rings is 1. The molecule has 8 heteroatoms. The third-order valence-corrected chi connectivity index (χ3v) is 6.91. The van der Waals surface area contributed by atoms with Crippen LogP contribution in [-0.2, 0) is 11.2 Å². The summed E-state index contributed by atoms with van der Waals surface area (Å²) in [6.07, 6.45) is 5.63. The molecule has 1 aromatic carbocycles. The van der Waals surface area contributed by atoms with Crippen molar-refractivity contribution in [2.45, 2.75) is 39.2 Å². The largest absolute Gasteiger partial charge is 0.356 e. The molecule has 0 unspecified atom stereocenters. The number of pyridine rings is 2. The maximum Gasteiger partial charge on any atom is 0.258 e. The summed E-state index contributed by atoms with van der Waals surface area (Å²) in [6.45, 7) is 5.51. The Kier molecular flexibility index (Phi) is 6.19. The van der Waals surface area contributed by atoms with Crippen LogP contribution in [0.1, 0.15) is 41.4 Å². The van der Waals surface area contributed by atoms with E-state index in [4.69, 9.17) is 0 Å². The second kappa shape index (κ2) is 9.44. The van der Waals surface area contributed by atoms with E-state index in [0.717, 1.165) is 54.4 Å². The first kappa shape index (κ1) is 23.0.